The van der Waals surface area contributed by atoms with Crippen molar-refractivity contribution in [1.82, 2.24) is 9.66 Å². The standard InChI is InChI=1S/C10H13N5O3.ClH/c1-4-11-6-12-9(17)7-5-8(16)13-10(18)15(7)14(2)3;/h5H,4H2,1-3H3,(H,13,16,18);1H. The monoisotopic (exact) mass is 287 g/mol. The van der Waals surface area contributed by atoms with Gasteiger partial charge in [-0.3, -0.25) is 14.6 Å². The van der Waals surface area contributed by atoms with Crippen molar-refractivity contribution in [2.75, 3.05) is 25.6 Å². The molecule has 0 radical (unpaired) electrons. The number of aromatic nitrogens is 2. The Bertz CT molecular complexity index is 625. The highest BCUT2D eigenvalue weighted by atomic mass is 35.5. The summed E-state index contributed by atoms with van der Waals surface area (Å²) in [4.78, 5) is 43.6. The van der Waals surface area contributed by atoms with Crippen molar-refractivity contribution in [3.8, 4) is 0 Å². The van der Waals surface area contributed by atoms with Gasteiger partial charge in [0.15, 0.2) is 0 Å². The van der Waals surface area contributed by atoms with Crippen molar-refractivity contribution >= 4 is 24.3 Å². The lowest BCUT2D eigenvalue weighted by Gasteiger charge is -2.17. The highest BCUT2D eigenvalue weighted by Gasteiger charge is 2.14. The van der Waals surface area contributed by atoms with E-state index in [9.17, 15) is 14.4 Å². The minimum Gasteiger partial charge on any atom is -0.314 e. The number of hydrogen-bond acceptors (Lipinski definition) is 5. The summed E-state index contributed by atoms with van der Waals surface area (Å²) in [5.74, 6) is -0.760. The van der Waals surface area contributed by atoms with Crippen LogP contribution in [-0.4, -0.2) is 42.2 Å². The second kappa shape index (κ2) is 7.30. The van der Waals surface area contributed by atoms with Crippen molar-refractivity contribution < 1.29 is 4.79 Å². The van der Waals surface area contributed by atoms with Crippen LogP contribution in [0, 0.1) is 0 Å². The van der Waals surface area contributed by atoms with E-state index in [1.165, 1.54) is 5.01 Å². The SMILES string of the molecule is CCN=C=NC(=O)c1cc(=O)[nH]c(=O)n1N(C)C.Cl. The predicted octanol–water partition coefficient (Wildman–Crippen LogP) is -0.510. The summed E-state index contributed by atoms with van der Waals surface area (Å²) >= 11 is 0. The molecule has 104 valence electrons. The molecule has 1 N–H and O–H groups in total. The highest BCUT2D eigenvalue weighted by Crippen LogP contribution is 1.95. The number of aromatic amines is 1. The number of amides is 1. The van der Waals surface area contributed by atoms with Gasteiger partial charge in [0.25, 0.3) is 5.56 Å². The van der Waals surface area contributed by atoms with Gasteiger partial charge in [-0.1, -0.05) is 0 Å². The Hall–Kier alpha value is -2.18. The molecule has 9 heteroatoms. The molecular weight excluding hydrogens is 274 g/mol. The van der Waals surface area contributed by atoms with Gasteiger partial charge in [-0.25, -0.2) is 14.5 Å². The second-order valence-corrected chi connectivity index (χ2v) is 3.47. The summed E-state index contributed by atoms with van der Waals surface area (Å²) < 4.78 is 1.00. The molecule has 8 nitrogen and oxygen atoms in total. The Balaban J connectivity index is 0.00000324. The molecule has 1 heterocycles. The maximum atomic E-state index is 11.7. The molecule has 1 aromatic heterocycles. The van der Waals surface area contributed by atoms with Gasteiger partial charge in [-0.05, 0) is 6.92 Å². The molecule has 0 unspecified atom stereocenters. The third-order valence-electron chi connectivity index (χ3n) is 1.92. The molecule has 0 aliphatic carbocycles. The first-order valence-corrected chi connectivity index (χ1v) is 5.18. The summed E-state index contributed by atoms with van der Waals surface area (Å²) in [6, 6.07) is 3.19. The van der Waals surface area contributed by atoms with Gasteiger partial charge in [0.05, 0.1) is 6.01 Å². The van der Waals surface area contributed by atoms with Crippen LogP contribution in [0.3, 0.4) is 0 Å². The zero-order valence-electron chi connectivity index (χ0n) is 10.7. The highest BCUT2D eigenvalue weighted by molar-refractivity contribution is 5.96. The summed E-state index contributed by atoms with van der Waals surface area (Å²) in [6.07, 6.45) is 0. The Morgan fingerprint density at radius 1 is 1.47 bits per heavy atom. The number of nitrogens with zero attached hydrogens (tertiary/aromatic N) is 4. The number of halogens is 1. The average molecular weight is 288 g/mol. The third kappa shape index (κ3) is 4.20. The lowest BCUT2D eigenvalue weighted by atomic mass is 10.4. The minimum atomic E-state index is -0.760. The fourth-order valence-corrected chi connectivity index (χ4v) is 1.25. The van der Waals surface area contributed by atoms with Crippen LogP contribution in [0.5, 0.6) is 0 Å². The molecule has 1 amide bonds. The van der Waals surface area contributed by atoms with E-state index < -0.39 is 17.2 Å². The Labute approximate surface area is 114 Å². The fourth-order valence-electron chi connectivity index (χ4n) is 1.25. The van der Waals surface area contributed by atoms with Crippen LogP contribution in [0.4, 0.5) is 0 Å². The van der Waals surface area contributed by atoms with Crippen molar-refractivity contribution in [3.05, 3.63) is 32.6 Å². The predicted molar refractivity (Wildman–Crippen MR) is 73.4 cm³/mol. The van der Waals surface area contributed by atoms with Gasteiger partial charge in [0.1, 0.15) is 5.69 Å². The Morgan fingerprint density at radius 2 is 2.11 bits per heavy atom. The summed E-state index contributed by atoms with van der Waals surface area (Å²) in [6.45, 7) is 2.20. The minimum absolute atomic E-state index is 0. The van der Waals surface area contributed by atoms with E-state index in [1.54, 1.807) is 21.0 Å². The third-order valence-corrected chi connectivity index (χ3v) is 1.92. The van der Waals surface area contributed by atoms with E-state index in [4.69, 9.17) is 0 Å². The molecule has 0 saturated heterocycles. The number of H-pyrrole nitrogens is 1. The molecule has 0 bridgehead atoms. The average Bonchev–Trinajstić information content (AvgIpc) is 2.27. The van der Waals surface area contributed by atoms with Crippen LogP contribution < -0.4 is 16.3 Å². The number of aliphatic imine (C=N–C) groups is 2. The zero-order chi connectivity index (χ0) is 13.7. The first-order chi connectivity index (χ1) is 8.47. The molecule has 0 aliphatic heterocycles. The van der Waals surface area contributed by atoms with Gasteiger partial charge in [0, 0.05) is 26.7 Å². The van der Waals surface area contributed by atoms with Gasteiger partial charge >= 0.3 is 11.6 Å². The number of nitrogens with one attached hydrogen (secondary N) is 1. The van der Waals surface area contributed by atoms with Gasteiger partial charge in [-0.15, -0.1) is 17.4 Å². The van der Waals surface area contributed by atoms with Crippen LogP contribution in [0.2, 0.25) is 0 Å². The normalized spacial score (nSPS) is 9.00. The zero-order valence-corrected chi connectivity index (χ0v) is 11.5. The largest absolute Gasteiger partial charge is 0.347 e. The van der Waals surface area contributed by atoms with Crippen LogP contribution in [-0.2, 0) is 0 Å². The van der Waals surface area contributed by atoms with E-state index in [0.29, 0.717) is 6.54 Å². The topological polar surface area (TPSA) is 99.9 Å². The number of carbonyl (C=O) groups excluding carboxylic acids is 1. The van der Waals surface area contributed by atoms with Crippen molar-refractivity contribution in [2.24, 2.45) is 9.98 Å². The van der Waals surface area contributed by atoms with E-state index in [2.05, 4.69) is 21.0 Å². The Kier molecular flexibility index (Phi) is 6.46. The van der Waals surface area contributed by atoms with Crippen molar-refractivity contribution in [1.29, 1.82) is 0 Å². The van der Waals surface area contributed by atoms with Crippen LogP contribution >= 0.6 is 12.4 Å². The molecule has 19 heavy (non-hydrogen) atoms. The molecular formula is C10H14ClN5O3. The molecule has 0 aliphatic rings. The smallest absolute Gasteiger partial charge is 0.314 e. The molecule has 0 saturated carbocycles. The molecule has 1 aromatic rings. The molecule has 0 aromatic carbocycles. The van der Waals surface area contributed by atoms with Crippen LogP contribution in [0.15, 0.2) is 25.6 Å². The number of hydrogen-bond donors (Lipinski definition) is 1. The maximum absolute atomic E-state index is 11.7. The van der Waals surface area contributed by atoms with Crippen molar-refractivity contribution in [3.63, 3.8) is 0 Å². The summed E-state index contributed by atoms with van der Waals surface area (Å²) in [7, 11) is 3.11. The number of rotatable bonds is 3. The summed E-state index contributed by atoms with van der Waals surface area (Å²) in [5, 5.41) is 1.36. The molecule has 0 fully saturated rings. The van der Waals surface area contributed by atoms with Gasteiger partial charge < -0.3 is 5.01 Å². The van der Waals surface area contributed by atoms with Crippen LogP contribution in [0.25, 0.3) is 0 Å². The van der Waals surface area contributed by atoms with Crippen molar-refractivity contribution in [2.45, 2.75) is 6.92 Å². The molecule has 0 spiro atoms. The van der Waals surface area contributed by atoms with Crippen LogP contribution in [0.1, 0.15) is 17.4 Å². The summed E-state index contributed by atoms with van der Waals surface area (Å²) in [5.41, 5.74) is -1.52. The maximum Gasteiger partial charge on any atom is 0.347 e. The van der Waals surface area contributed by atoms with E-state index in [0.717, 1.165) is 10.7 Å². The number of carbonyl (C=O) groups is 1. The van der Waals surface area contributed by atoms with E-state index >= 15 is 0 Å². The van der Waals surface area contributed by atoms with E-state index in [-0.39, 0.29) is 18.1 Å². The lowest BCUT2D eigenvalue weighted by Crippen LogP contribution is -2.43. The quantitative estimate of drug-likeness (QED) is 0.757. The second-order valence-electron chi connectivity index (χ2n) is 3.47. The first kappa shape index (κ1) is 16.8. The van der Waals surface area contributed by atoms with Gasteiger partial charge in [0.2, 0.25) is 0 Å². The first-order valence-electron chi connectivity index (χ1n) is 5.18. The van der Waals surface area contributed by atoms with Gasteiger partial charge in [-0.2, -0.15) is 0 Å². The fraction of sp³-hybridized carbons (Fsp3) is 0.400. The molecule has 1 rings (SSSR count). The Morgan fingerprint density at radius 3 is 2.63 bits per heavy atom. The molecule has 0 atom stereocenters. The lowest BCUT2D eigenvalue weighted by molar-refractivity contribution is 0.0993. The van der Waals surface area contributed by atoms with E-state index in [1.807, 2.05) is 0 Å².